The molecule has 1 N–H and O–H groups in total. The fourth-order valence-electron chi connectivity index (χ4n) is 2.51. The molecular weight excluding hydrogens is 330 g/mol. The second-order valence-corrected chi connectivity index (χ2v) is 6.48. The first kappa shape index (κ1) is 16.4. The van der Waals surface area contributed by atoms with Gasteiger partial charge in [0.15, 0.2) is 0 Å². The number of amides is 3. The molecule has 7 nitrogen and oxygen atoms in total. The van der Waals surface area contributed by atoms with Gasteiger partial charge in [-0.15, -0.1) is 5.10 Å². The first-order valence-electron chi connectivity index (χ1n) is 7.71. The first-order chi connectivity index (χ1) is 11.4. The lowest BCUT2D eigenvalue weighted by Gasteiger charge is -2.12. The molecule has 1 saturated heterocycles. The molecule has 0 saturated carbocycles. The number of halogens is 1. The lowest BCUT2D eigenvalue weighted by Crippen LogP contribution is -2.32. The van der Waals surface area contributed by atoms with Gasteiger partial charge in [-0.25, -0.2) is 9.48 Å². The molecule has 2 aromatic rings. The zero-order valence-corrected chi connectivity index (χ0v) is 14.2. The maximum atomic E-state index is 12.5. The summed E-state index contributed by atoms with van der Waals surface area (Å²) in [6.07, 6.45) is 2.13. The summed E-state index contributed by atoms with van der Waals surface area (Å²) in [5.74, 6) is -0.256. The number of benzene rings is 1. The largest absolute Gasteiger partial charge is 0.325 e. The van der Waals surface area contributed by atoms with Crippen LogP contribution in [0.15, 0.2) is 30.5 Å². The van der Waals surface area contributed by atoms with Crippen molar-refractivity contribution in [2.24, 2.45) is 0 Å². The quantitative estimate of drug-likeness (QED) is 0.841. The Morgan fingerprint density at radius 1 is 1.25 bits per heavy atom. The number of hydrogen-bond donors (Lipinski definition) is 1. The molecule has 1 atom stereocenters. The van der Waals surface area contributed by atoms with Gasteiger partial charge in [0.1, 0.15) is 6.04 Å². The van der Waals surface area contributed by atoms with Gasteiger partial charge in [-0.2, -0.15) is 0 Å². The van der Waals surface area contributed by atoms with Crippen LogP contribution in [0.1, 0.15) is 31.1 Å². The molecule has 24 heavy (non-hydrogen) atoms. The van der Waals surface area contributed by atoms with Gasteiger partial charge < -0.3 is 5.32 Å². The minimum absolute atomic E-state index is 0.196. The highest BCUT2D eigenvalue weighted by Crippen LogP contribution is 2.16. The van der Waals surface area contributed by atoms with Crippen LogP contribution in [-0.2, 0) is 17.8 Å². The molecule has 0 spiro atoms. The summed E-state index contributed by atoms with van der Waals surface area (Å²) in [7, 11) is 0. The number of nitrogens with zero attached hydrogens (tertiary/aromatic N) is 4. The van der Waals surface area contributed by atoms with Crippen molar-refractivity contribution in [2.45, 2.75) is 38.9 Å². The van der Waals surface area contributed by atoms with Gasteiger partial charge >= 0.3 is 6.03 Å². The van der Waals surface area contributed by atoms with E-state index < -0.39 is 12.1 Å². The lowest BCUT2D eigenvalue weighted by atomic mass is 10.1. The van der Waals surface area contributed by atoms with E-state index in [1.165, 1.54) is 4.90 Å². The number of urea groups is 1. The maximum absolute atomic E-state index is 12.5. The van der Waals surface area contributed by atoms with Crippen LogP contribution < -0.4 is 5.32 Å². The monoisotopic (exact) mass is 347 g/mol. The molecule has 3 amide bonds. The van der Waals surface area contributed by atoms with E-state index in [2.05, 4.69) is 15.6 Å². The van der Waals surface area contributed by atoms with Crippen molar-refractivity contribution in [2.75, 3.05) is 0 Å². The van der Waals surface area contributed by atoms with E-state index >= 15 is 0 Å². The average Bonchev–Trinajstić information content (AvgIpc) is 3.10. The van der Waals surface area contributed by atoms with Gasteiger partial charge in [-0.05, 0) is 31.5 Å². The van der Waals surface area contributed by atoms with Crippen molar-refractivity contribution < 1.29 is 9.59 Å². The van der Waals surface area contributed by atoms with Crippen LogP contribution in [0.25, 0.3) is 0 Å². The van der Waals surface area contributed by atoms with E-state index in [0.29, 0.717) is 17.1 Å². The third-order valence-electron chi connectivity index (χ3n) is 3.86. The number of hydrogen-bond acceptors (Lipinski definition) is 4. The maximum Gasteiger partial charge on any atom is 0.325 e. The van der Waals surface area contributed by atoms with Crippen LogP contribution in [-0.4, -0.2) is 37.9 Å². The highest BCUT2D eigenvalue weighted by Gasteiger charge is 2.38. The third kappa shape index (κ3) is 3.41. The molecule has 1 fully saturated rings. The Hall–Kier alpha value is -2.41. The standard InChI is InChI=1S/C16H18ClN5O2/c1-10(2)22-9-13(19-20-22)7-14-15(23)21(16(24)18-14)8-11-3-5-12(17)6-4-11/h3-6,9-10,14H,7-8H2,1-2H3,(H,18,24). The van der Waals surface area contributed by atoms with Crippen molar-refractivity contribution in [3.63, 3.8) is 0 Å². The van der Waals surface area contributed by atoms with Crippen LogP contribution in [0.4, 0.5) is 4.79 Å². The normalized spacial score (nSPS) is 17.7. The topological polar surface area (TPSA) is 80.1 Å². The minimum Gasteiger partial charge on any atom is -0.325 e. The predicted molar refractivity (Wildman–Crippen MR) is 88.4 cm³/mol. The molecule has 3 rings (SSSR count). The van der Waals surface area contributed by atoms with E-state index in [1.54, 1.807) is 35.1 Å². The molecule has 1 aliphatic heterocycles. The Morgan fingerprint density at radius 3 is 2.58 bits per heavy atom. The average molecular weight is 348 g/mol. The summed E-state index contributed by atoms with van der Waals surface area (Å²) in [6.45, 7) is 4.21. The molecule has 0 aliphatic carbocycles. The van der Waals surface area contributed by atoms with Crippen molar-refractivity contribution in [1.82, 2.24) is 25.2 Å². The van der Waals surface area contributed by atoms with Crippen molar-refractivity contribution >= 4 is 23.5 Å². The molecule has 1 unspecified atom stereocenters. The van der Waals surface area contributed by atoms with Gasteiger partial charge in [0.05, 0.1) is 12.2 Å². The summed E-state index contributed by atoms with van der Waals surface area (Å²) < 4.78 is 1.72. The van der Waals surface area contributed by atoms with E-state index in [-0.39, 0.29) is 18.5 Å². The smallest absolute Gasteiger partial charge is 0.325 e. The minimum atomic E-state index is -0.609. The fraction of sp³-hybridized carbons (Fsp3) is 0.375. The highest BCUT2D eigenvalue weighted by molar-refractivity contribution is 6.30. The van der Waals surface area contributed by atoms with E-state index in [1.807, 2.05) is 13.8 Å². The third-order valence-corrected chi connectivity index (χ3v) is 4.11. The molecule has 1 aromatic carbocycles. The van der Waals surface area contributed by atoms with Crippen LogP contribution in [0.2, 0.25) is 5.02 Å². The lowest BCUT2D eigenvalue weighted by molar-refractivity contribution is -0.127. The Bertz CT molecular complexity index is 756. The Morgan fingerprint density at radius 2 is 1.96 bits per heavy atom. The Labute approximate surface area is 144 Å². The van der Waals surface area contributed by atoms with Crippen molar-refractivity contribution in [1.29, 1.82) is 0 Å². The molecule has 0 bridgehead atoms. The number of carbonyl (C=O) groups is 2. The molecule has 1 aromatic heterocycles. The van der Waals surface area contributed by atoms with Gasteiger partial charge in [0, 0.05) is 23.7 Å². The van der Waals surface area contributed by atoms with Gasteiger partial charge in [0.2, 0.25) is 0 Å². The Kier molecular flexibility index (Phi) is 4.53. The number of rotatable bonds is 5. The SMILES string of the molecule is CC(C)n1cc(CC2NC(=O)N(Cc3ccc(Cl)cc3)C2=O)nn1. The highest BCUT2D eigenvalue weighted by atomic mass is 35.5. The second-order valence-electron chi connectivity index (χ2n) is 6.04. The van der Waals surface area contributed by atoms with Crippen LogP contribution in [0.5, 0.6) is 0 Å². The van der Waals surface area contributed by atoms with E-state index in [9.17, 15) is 9.59 Å². The zero-order valence-electron chi connectivity index (χ0n) is 13.4. The van der Waals surface area contributed by atoms with Gasteiger partial charge in [0.25, 0.3) is 5.91 Å². The fourth-order valence-corrected chi connectivity index (χ4v) is 2.63. The van der Waals surface area contributed by atoms with Crippen LogP contribution >= 0.6 is 11.6 Å². The molecule has 0 radical (unpaired) electrons. The number of nitrogens with one attached hydrogen (secondary N) is 1. The Balaban J connectivity index is 1.67. The number of aromatic nitrogens is 3. The van der Waals surface area contributed by atoms with Crippen LogP contribution in [0, 0.1) is 0 Å². The summed E-state index contributed by atoms with van der Waals surface area (Å²) in [5, 5.41) is 11.4. The number of carbonyl (C=O) groups excluding carboxylic acids is 2. The van der Waals surface area contributed by atoms with Crippen molar-refractivity contribution in [3.8, 4) is 0 Å². The summed E-state index contributed by atoms with van der Waals surface area (Å²) in [5.41, 5.74) is 1.52. The van der Waals surface area contributed by atoms with Gasteiger partial charge in [-0.3, -0.25) is 9.69 Å². The number of imide groups is 1. The summed E-state index contributed by atoms with van der Waals surface area (Å²) in [6, 6.07) is 6.25. The van der Waals surface area contributed by atoms with Crippen molar-refractivity contribution in [3.05, 3.63) is 46.7 Å². The van der Waals surface area contributed by atoms with E-state index in [0.717, 1.165) is 5.56 Å². The van der Waals surface area contributed by atoms with E-state index in [4.69, 9.17) is 11.6 Å². The molecular formula is C16H18ClN5O2. The first-order valence-corrected chi connectivity index (χ1v) is 8.09. The molecule has 8 heteroatoms. The summed E-state index contributed by atoms with van der Waals surface area (Å²) >= 11 is 5.85. The van der Waals surface area contributed by atoms with Crippen LogP contribution in [0.3, 0.4) is 0 Å². The summed E-state index contributed by atoms with van der Waals surface area (Å²) in [4.78, 5) is 25.8. The predicted octanol–water partition coefficient (Wildman–Crippen LogP) is 2.18. The molecule has 1 aliphatic rings. The molecule has 126 valence electrons. The zero-order chi connectivity index (χ0) is 17.3. The molecule has 2 heterocycles. The van der Waals surface area contributed by atoms with Gasteiger partial charge in [-0.1, -0.05) is 28.9 Å². The second kappa shape index (κ2) is 6.60.